The fraction of sp³-hybridized carbons (Fsp3) is 1.00. The van der Waals surface area contributed by atoms with Crippen LogP contribution >= 0.6 is 0 Å². The summed E-state index contributed by atoms with van der Waals surface area (Å²) in [5.41, 5.74) is -0.214. The Kier molecular flexibility index (Phi) is 5.38. The van der Waals surface area contributed by atoms with Crippen LogP contribution in [0, 0.1) is 5.92 Å². The number of hydrogen-bond acceptors (Lipinski definition) is 5. The minimum atomic E-state index is -0.444. The number of nitrogens with one attached hydrogen (secondary N) is 1. The zero-order valence-corrected chi connectivity index (χ0v) is 11.2. The lowest BCUT2D eigenvalue weighted by Crippen LogP contribution is -2.45. The SMILES string of the molecule is COC1(CNCC(O)COCC2CC2)CCOC1. The maximum absolute atomic E-state index is 9.75. The summed E-state index contributed by atoms with van der Waals surface area (Å²) in [6, 6.07) is 0. The third-order valence-electron chi connectivity index (χ3n) is 3.69. The largest absolute Gasteiger partial charge is 0.389 e. The second-order valence-electron chi connectivity index (χ2n) is 5.46. The van der Waals surface area contributed by atoms with Crippen LogP contribution in [0.25, 0.3) is 0 Å². The number of methoxy groups -OCH3 is 1. The first-order valence-electron chi connectivity index (χ1n) is 6.83. The van der Waals surface area contributed by atoms with Crippen LogP contribution < -0.4 is 5.32 Å². The highest BCUT2D eigenvalue weighted by Crippen LogP contribution is 2.28. The van der Waals surface area contributed by atoms with Crippen molar-refractivity contribution in [2.75, 3.05) is 46.6 Å². The molecule has 2 atom stereocenters. The molecular weight excluding hydrogens is 234 g/mol. The molecule has 1 saturated heterocycles. The second-order valence-corrected chi connectivity index (χ2v) is 5.46. The molecule has 0 spiro atoms. The normalized spacial score (nSPS) is 29.7. The summed E-state index contributed by atoms with van der Waals surface area (Å²) < 4.78 is 16.3. The van der Waals surface area contributed by atoms with Crippen molar-refractivity contribution in [3.8, 4) is 0 Å². The minimum absolute atomic E-state index is 0.214. The van der Waals surface area contributed by atoms with Crippen molar-refractivity contribution >= 4 is 0 Å². The van der Waals surface area contributed by atoms with Gasteiger partial charge in [-0.3, -0.25) is 0 Å². The van der Waals surface area contributed by atoms with Gasteiger partial charge in [0, 0.05) is 39.8 Å². The molecule has 106 valence electrons. The Morgan fingerprint density at radius 3 is 2.94 bits per heavy atom. The minimum Gasteiger partial charge on any atom is -0.389 e. The predicted molar refractivity (Wildman–Crippen MR) is 67.6 cm³/mol. The van der Waals surface area contributed by atoms with Crippen LogP contribution in [0.2, 0.25) is 0 Å². The summed E-state index contributed by atoms with van der Waals surface area (Å²) in [5, 5.41) is 13.0. The van der Waals surface area contributed by atoms with Crippen LogP contribution in [0.4, 0.5) is 0 Å². The van der Waals surface area contributed by atoms with Crippen LogP contribution in [0.3, 0.4) is 0 Å². The van der Waals surface area contributed by atoms with Gasteiger partial charge in [0.1, 0.15) is 5.60 Å². The maximum atomic E-state index is 9.75. The van der Waals surface area contributed by atoms with Crippen LogP contribution in [-0.2, 0) is 14.2 Å². The summed E-state index contributed by atoms with van der Waals surface area (Å²) in [6.07, 6.45) is 3.03. The van der Waals surface area contributed by atoms with Gasteiger partial charge in [-0.15, -0.1) is 0 Å². The van der Waals surface area contributed by atoms with Crippen LogP contribution in [0.15, 0.2) is 0 Å². The Morgan fingerprint density at radius 2 is 2.33 bits per heavy atom. The van der Waals surface area contributed by atoms with Crippen molar-refractivity contribution in [1.82, 2.24) is 5.32 Å². The van der Waals surface area contributed by atoms with E-state index in [0.717, 1.165) is 25.6 Å². The van der Waals surface area contributed by atoms with Gasteiger partial charge in [-0.2, -0.15) is 0 Å². The van der Waals surface area contributed by atoms with E-state index in [2.05, 4.69) is 5.32 Å². The first kappa shape index (κ1) is 14.2. The van der Waals surface area contributed by atoms with Crippen LogP contribution in [0.1, 0.15) is 19.3 Å². The molecule has 0 bridgehead atoms. The van der Waals surface area contributed by atoms with Gasteiger partial charge in [-0.05, 0) is 18.8 Å². The van der Waals surface area contributed by atoms with E-state index in [4.69, 9.17) is 14.2 Å². The monoisotopic (exact) mass is 259 g/mol. The fourth-order valence-electron chi connectivity index (χ4n) is 2.14. The summed E-state index contributed by atoms with van der Waals surface area (Å²) >= 11 is 0. The van der Waals surface area contributed by atoms with Crippen molar-refractivity contribution < 1.29 is 19.3 Å². The van der Waals surface area contributed by atoms with E-state index in [-0.39, 0.29) is 5.60 Å². The third kappa shape index (κ3) is 4.48. The summed E-state index contributed by atoms with van der Waals surface area (Å²) in [7, 11) is 1.71. The Balaban J connectivity index is 1.52. The Hall–Kier alpha value is -0.200. The summed E-state index contributed by atoms with van der Waals surface area (Å²) in [6.45, 7) is 3.85. The predicted octanol–water partition coefficient (Wildman–Crippen LogP) is 0.169. The van der Waals surface area contributed by atoms with Crippen molar-refractivity contribution in [2.24, 2.45) is 5.92 Å². The van der Waals surface area contributed by atoms with Gasteiger partial charge in [-0.25, -0.2) is 0 Å². The van der Waals surface area contributed by atoms with E-state index in [9.17, 15) is 5.11 Å². The highest BCUT2D eigenvalue weighted by Gasteiger charge is 2.34. The van der Waals surface area contributed by atoms with E-state index in [1.54, 1.807) is 7.11 Å². The lowest BCUT2D eigenvalue weighted by Gasteiger charge is -2.26. The highest BCUT2D eigenvalue weighted by atomic mass is 16.5. The van der Waals surface area contributed by atoms with Crippen molar-refractivity contribution in [3.63, 3.8) is 0 Å². The second kappa shape index (κ2) is 6.82. The standard InChI is InChI=1S/C13H25NO4/c1-16-13(4-5-17-10-13)9-14-6-12(15)8-18-7-11-2-3-11/h11-12,14-15H,2-10H2,1H3. The Morgan fingerprint density at radius 1 is 1.50 bits per heavy atom. The van der Waals surface area contributed by atoms with Crippen molar-refractivity contribution in [1.29, 1.82) is 0 Å². The van der Waals surface area contributed by atoms with Gasteiger partial charge in [0.15, 0.2) is 0 Å². The zero-order valence-electron chi connectivity index (χ0n) is 11.2. The zero-order chi connectivity index (χ0) is 12.8. The maximum Gasteiger partial charge on any atom is 0.106 e. The van der Waals surface area contributed by atoms with Gasteiger partial charge in [-0.1, -0.05) is 0 Å². The lowest BCUT2D eigenvalue weighted by molar-refractivity contribution is -0.0201. The van der Waals surface area contributed by atoms with E-state index in [1.807, 2.05) is 0 Å². The van der Waals surface area contributed by atoms with Gasteiger partial charge in [0.2, 0.25) is 0 Å². The lowest BCUT2D eigenvalue weighted by atomic mass is 10.0. The highest BCUT2D eigenvalue weighted by molar-refractivity contribution is 4.87. The molecule has 2 fully saturated rings. The smallest absolute Gasteiger partial charge is 0.106 e. The molecule has 2 N–H and O–H groups in total. The Bertz CT molecular complexity index is 239. The fourth-order valence-corrected chi connectivity index (χ4v) is 2.14. The van der Waals surface area contributed by atoms with Gasteiger partial charge in [0.25, 0.3) is 0 Å². The molecule has 1 aliphatic carbocycles. The molecule has 1 heterocycles. The van der Waals surface area contributed by atoms with E-state index in [0.29, 0.717) is 26.3 Å². The third-order valence-corrected chi connectivity index (χ3v) is 3.69. The first-order chi connectivity index (χ1) is 8.74. The molecule has 0 aromatic carbocycles. The molecule has 0 aromatic rings. The molecule has 5 nitrogen and oxygen atoms in total. The van der Waals surface area contributed by atoms with Gasteiger partial charge < -0.3 is 24.6 Å². The molecule has 5 heteroatoms. The number of hydrogen-bond donors (Lipinski definition) is 2. The van der Waals surface area contributed by atoms with Gasteiger partial charge >= 0.3 is 0 Å². The summed E-state index contributed by atoms with van der Waals surface area (Å²) in [5.74, 6) is 0.748. The molecule has 2 aliphatic rings. The molecule has 18 heavy (non-hydrogen) atoms. The molecule has 2 unspecified atom stereocenters. The number of rotatable bonds is 9. The molecule has 0 aromatic heterocycles. The number of ether oxygens (including phenoxy) is 3. The average Bonchev–Trinajstić information content (AvgIpc) is 3.07. The average molecular weight is 259 g/mol. The number of aliphatic hydroxyl groups excluding tert-OH is 1. The van der Waals surface area contributed by atoms with Crippen LogP contribution in [0.5, 0.6) is 0 Å². The van der Waals surface area contributed by atoms with E-state index in [1.165, 1.54) is 12.8 Å². The Labute approximate surface area is 109 Å². The van der Waals surface area contributed by atoms with Gasteiger partial charge in [0.05, 0.1) is 19.3 Å². The molecule has 1 saturated carbocycles. The topological polar surface area (TPSA) is 60.0 Å². The van der Waals surface area contributed by atoms with E-state index >= 15 is 0 Å². The molecule has 0 radical (unpaired) electrons. The molecule has 1 aliphatic heterocycles. The summed E-state index contributed by atoms with van der Waals surface area (Å²) in [4.78, 5) is 0. The first-order valence-corrected chi connectivity index (χ1v) is 6.83. The van der Waals surface area contributed by atoms with E-state index < -0.39 is 6.10 Å². The number of aliphatic hydroxyl groups is 1. The van der Waals surface area contributed by atoms with Crippen LogP contribution in [-0.4, -0.2) is 63.4 Å². The molecule has 2 rings (SSSR count). The van der Waals surface area contributed by atoms with Crippen molar-refractivity contribution in [3.05, 3.63) is 0 Å². The molecule has 0 amide bonds. The van der Waals surface area contributed by atoms with Crippen molar-refractivity contribution in [2.45, 2.75) is 31.0 Å². The molecular formula is C13H25NO4. The quantitative estimate of drug-likeness (QED) is 0.618.